The Morgan fingerprint density at radius 1 is 1.42 bits per heavy atom. The highest BCUT2D eigenvalue weighted by Gasteiger charge is 2.20. The molecular formula is C12H13NO6. The first-order valence-electron chi connectivity index (χ1n) is 5.50. The first kappa shape index (κ1) is 14.6. The third-order valence-corrected chi connectivity index (χ3v) is 2.31. The molecular weight excluding hydrogens is 254 g/mol. The second kappa shape index (κ2) is 5.94. The van der Waals surface area contributed by atoms with Crippen LogP contribution in [-0.2, 0) is 4.79 Å². The molecule has 19 heavy (non-hydrogen) atoms. The quantitative estimate of drug-likeness (QED) is 0.479. The molecule has 0 saturated heterocycles. The molecule has 0 heterocycles. The van der Waals surface area contributed by atoms with E-state index >= 15 is 0 Å². The molecule has 0 amide bonds. The van der Waals surface area contributed by atoms with Crippen molar-refractivity contribution in [2.45, 2.75) is 13.8 Å². The summed E-state index contributed by atoms with van der Waals surface area (Å²) in [7, 11) is 0. The first-order chi connectivity index (χ1) is 8.82. The smallest absolute Gasteiger partial charge is 0.341 e. The van der Waals surface area contributed by atoms with Gasteiger partial charge in [-0.3, -0.25) is 14.9 Å². The third-order valence-electron chi connectivity index (χ3n) is 2.31. The molecule has 0 aliphatic rings. The van der Waals surface area contributed by atoms with Crippen LogP contribution in [0.3, 0.4) is 0 Å². The van der Waals surface area contributed by atoms with Crippen molar-refractivity contribution >= 4 is 17.4 Å². The van der Waals surface area contributed by atoms with Gasteiger partial charge in [-0.1, -0.05) is 13.8 Å². The molecule has 0 aromatic heterocycles. The predicted octanol–water partition coefficient (Wildman–Crippen LogP) is 1.90. The molecule has 102 valence electrons. The number of nitro groups is 1. The van der Waals surface area contributed by atoms with Crippen molar-refractivity contribution in [1.29, 1.82) is 0 Å². The highest BCUT2D eigenvalue weighted by atomic mass is 16.6. The monoisotopic (exact) mass is 267 g/mol. The van der Waals surface area contributed by atoms with Crippen LogP contribution in [0.15, 0.2) is 18.2 Å². The summed E-state index contributed by atoms with van der Waals surface area (Å²) in [6.07, 6.45) is 0. The largest absolute Gasteiger partial charge is 0.481 e. The minimum absolute atomic E-state index is 0.0189. The summed E-state index contributed by atoms with van der Waals surface area (Å²) in [6, 6.07) is 3.49. The molecule has 7 heteroatoms. The Balaban J connectivity index is 3.18. The van der Waals surface area contributed by atoms with E-state index in [0.29, 0.717) is 0 Å². The van der Waals surface area contributed by atoms with Crippen LogP contribution in [0.5, 0.6) is 5.75 Å². The highest BCUT2D eigenvalue weighted by molar-refractivity contribution is 6.00. The van der Waals surface area contributed by atoms with Crippen LogP contribution in [0.1, 0.15) is 24.2 Å². The average molecular weight is 267 g/mol. The maximum atomic E-state index is 11.9. The van der Waals surface area contributed by atoms with E-state index in [1.54, 1.807) is 13.8 Å². The van der Waals surface area contributed by atoms with Crippen LogP contribution < -0.4 is 4.74 Å². The van der Waals surface area contributed by atoms with Crippen molar-refractivity contribution in [3.8, 4) is 5.75 Å². The summed E-state index contributed by atoms with van der Waals surface area (Å²) in [6.45, 7) is 2.67. The lowest BCUT2D eigenvalue weighted by Gasteiger charge is -2.10. The van der Waals surface area contributed by atoms with Gasteiger partial charge in [0, 0.05) is 18.1 Å². The summed E-state index contributed by atoms with van der Waals surface area (Å²) in [4.78, 5) is 32.4. The lowest BCUT2D eigenvalue weighted by atomic mass is 10.00. The van der Waals surface area contributed by atoms with Gasteiger partial charge in [-0.25, -0.2) is 4.79 Å². The zero-order valence-electron chi connectivity index (χ0n) is 10.5. The van der Waals surface area contributed by atoms with Crippen molar-refractivity contribution in [3.05, 3.63) is 33.9 Å². The van der Waals surface area contributed by atoms with E-state index in [-0.39, 0.29) is 28.7 Å². The molecule has 0 unspecified atom stereocenters. The molecule has 1 N–H and O–H groups in total. The van der Waals surface area contributed by atoms with Crippen molar-refractivity contribution < 1.29 is 24.4 Å². The third kappa shape index (κ3) is 3.77. The molecule has 7 nitrogen and oxygen atoms in total. The Labute approximate surface area is 109 Å². The molecule has 1 aromatic rings. The summed E-state index contributed by atoms with van der Waals surface area (Å²) in [5, 5.41) is 19.2. The Hall–Kier alpha value is -2.44. The molecule has 0 atom stereocenters. The van der Waals surface area contributed by atoms with Gasteiger partial charge in [0.2, 0.25) is 0 Å². The zero-order valence-corrected chi connectivity index (χ0v) is 10.5. The van der Waals surface area contributed by atoms with Crippen LogP contribution in [0, 0.1) is 16.0 Å². The van der Waals surface area contributed by atoms with E-state index < -0.39 is 17.5 Å². The predicted molar refractivity (Wildman–Crippen MR) is 65.4 cm³/mol. The van der Waals surface area contributed by atoms with Crippen molar-refractivity contribution in [2.75, 3.05) is 6.61 Å². The van der Waals surface area contributed by atoms with E-state index in [1.807, 2.05) is 0 Å². The highest BCUT2D eigenvalue weighted by Crippen LogP contribution is 2.26. The number of carbonyl (C=O) groups excluding carboxylic acids is 1. The number of carboxylic acids is 1. The normalized spacial score (nSPS) is 10.3. The van der Waals surface area contributed by atoms with Gasteiger partial charge in [0.15, 0.2) is 12.4 Å². The number of rotatable bonds is 6. The number of nitro benzene ring substituents is 1. The van der Waals surface area contributed by atoms with Gasteiger partial charge in [0.25, 0.3) is 5.69 Å². The molecule has 1 rings (SSSR count). The maximum absolute atomic E-state index is 11.9. The molecule has 0 fully saturated rings. The fourth-order valence-electron chi connectivity index (χ4n) is 1.40. The number of aliphatic carboxylic acids is 1. The van der Waals surface area contributed by atoms with E-state index in [0.717, 1.165) is 12.1 Å². The molecule has 0 aliphatic heterocycles. The number of carboxylic acid groups (broad SMARTS) is 1. The lowest BCUT2D eigenvalue weighted by molar-refractivity contribution is -0.384. The SMILES string of the molecule is CC(C)C(=O)c1cc([N+](=O)[O-])ccc1OCC(=O)O. The standard InChI is InChI=1S/C12H13NO6/c1-7(2)12(16)9-5-8(13(17)18)3-4-10(9)19-6-11(14)15/h3-5,7H,6H2,1-2H3,(H,14,15). The Bertz CT molecular complexity index is 523. The number of ketones is 1. The Morgan fingerprint density at radius 2 is 2.05 bits per heavy atom. The number of carbonyl (C=O) groups is 2. The minimum Gasteiger partial charge on any atom is -0.481 e. The Morgan fingerprint density at radius 3 is 2.53 bits per heavy atom. The van der Waals surface area contributed by atoms with E-state index in [2.05, 4.69) is 0 Å². The van der Waals surface area contributed by atoms with E-state index in [4.69, 9.17) is 9.84 Å². The lowest BCUT2D eigenvalue weighted by Crippen LogP contribution is -2.14. The van der Waals surface area contributed by atoms with Crippen molar-refractivity contribution in [3.63, 3.8) is 0 Å². The maximum Gasteiger partial charge on any atom is 0.341 e. The summed E-state index contributed by atoms with van der Waals surface area (Å²) < 4.78 is 4.96. The second-order valence-electron chi connectivity index (χ2n) is 4.14. The fraction of sp³-hybridized carbons (Fsp3) is 0.333. The summed E-state index contributed by atoms with van der Waals surface area (Å²) in [5.41, 5.74) is -0.225. The van der Waals surface area contributed by atoms with Gasteiger partial charge in [0.1, 0.15) is 5.75 Å². The summed E-state index contributed by atoms with van der Waals surface area (Å²) >= 11 is 0. The van der Waals surface area contributed by atoms with Crippen LogP contribution in [-0.4, -0.2) is 28.4 Å². The van der Waals surface area contributed by atoms with Crippen molar-refractivity contribution in [2.24, 2.45) is 5.92 Å². The molecule has 1 aromatic carbocycles. The number of ether oxygens (including phenoxy) is 1. The second-order valence-corrected chi connectivity index (χ2v) is 4.14. The van der Waals surface area contributed by atoms with Crippen LogP contribution >= 0.6 is 0 Å². The van der Waals surface area contributed by atoms with E-state index in [1.165, 1.54) is 6.07 Å². The number of nitrogens with zero attached hydrogens (tertiary/aromatic N) is 1. The average Bonchev–Trinajstić information content (AvgIpc) is 2.34. The van der Waals surface area contributed by atoms with Crippen LogP contribution in [0.25, 0.3) is 0 Å². The molecule has 0 saturated carbocycles. The van der Waals surface area contributed by atoms with Gasteiger partial charge in [-0.2, -0.15) is 0 Å². The van der Waals surface area contributed by atoms with Crippen LogP contribution in [0.2, 0.25) is 0 Å². The number of hydrogen-bond acceptors (Lipinski definition) is 5. The first-order valence-corrected chi connectivity index (χ1v) is 5.50. The molecule has 0 bridgehead atoms. The van der Waals surface area contributed by atoms with Crippen molar-refractivity contribution in [1.82, 2.24) is 0 Å². The van der Waals surface area contributed by atoms with Crippen LogP contribution in [0.4, 0.5) is 5.69 Å². The van der Waals surface area contributed by atoms with Gasteiger partial charge in [-0.15, -0.1) is 0 Å². The summed E-state index contributed by atoms with van der Waals surface area (Å²) in [5.74, 6) is -1.88. The molecule has 0 spiro atoms. The Kier molecular flexibility index (Phi) is 4.57. The zero-order chi connectivity index (χ0) is 14.6. The number of Topliss-reactive ketones (excluding diaryl/α,β-unsaturated/α-hetero) is 1. The topological polar surface area (TPSA) is 107 Å². The fourth-order valence-corrected chi connectivity index (χ4v) is 1.40. The van der Waals surface area contributed by atoms with E-state index in [9.17, 15) is 19.7 Å². The number of hydrogen-bond donors (Lipinski definition) is 1. The van der Waals surface area contributed by atoms with Gasteiger partial charge >= 0.3 is 5.97 Å². The molecule has 0 aliphatic carbocycles. The van der Waals surface area contributed by atoms with Gasteiger partial charge in [0.05, 0.1) is 10.5 Å². The number of non-ortho nitro benzene ring substituents is 1. The number of benzene rings is 1. The molecule has 0 radical (unpaired) electrons. The van der Waals surface area contributed by atoms with Gasteiger partial charge < -0.3 is 9.84 Å². The minimum atomic E-state index is -1.19. The van der Waals surface area contributed by atoms with Gasteiger partial charge in [-0.05, 0) is 6.07 Å².